The summed E-state index contributed by atoms with van der Waals surface area (Å²) >= 11 is 0. The summed E-state index contributed by atoms with van der Waals surface area (Å²) in [7, 11) is 0. The lowest BCUT2D eigenvalue weighted by Crippen LogP contribution is -1.71. The van der Waals surface area contributed by atoms with Gasteiger partial charge in [0.25, 0.3) is 0 Å². The van der Waals surface area contributed by atoms with Crippen molar-refractivity contribution >= 4 is 0 Å². The molecule has 1 saturated carbocycles. The Bertz CT molecular complexity index is 92.2. The van der Waals surface area contributed by atoms with Crippen LogP contribution in [0.4, 0.5) is 0 Å². The van der Waals surface area contributed by atoms with E-state index in [2.05, 4.69) is 26.0 Å². The van der Waals surface area contributed by atoms with Crippen LogP contribution in [-0.2, 0) is 0 Å². The van der Waals surface area contributed by atoms with E-state index >= 15 is 0 Å². The molecule has 0 aliphatic heterocycles. The molecule has 0 N–H and O–H groups in total. The van der Waals surface area contributed by atoms with E-state index in [0.717, 1.165) is 11.8 Å². The molecule has 0 spiro atoms. The molecule has 1 aliphatic carbocycles. The molecule has 0 bridgehead atoms. The number of rotatable bonds is 2. The molecule has 0 amide bonds. The fourth-order valence-corrected chi connectivity index (χ4v) is 1.04. The van der Waals surface area contributed by atoms with Crippen LogP contribution in [-0.4, -0.2) is 0 Å². The zero-order chi connectivity index (χ0) is 5.98. The van der Waals surface area contributed by atoms with Gasteiger partial charge < -0.3 is 0 Å². The fraction of sp³-hybridized carbons (Fsp3) is 0.750. The minimum Gasteiger partial charge on any atom is -0.0917 e. The third kappa shape index (κ3) is 1.36. The average Bonchev–Trinajstić information content (AvgIpc) is 2.42. The van der Waals surface area contributed by atoms with Crippen molar-refractivity contribution in [2.75, 3.05) is 0 Å². The van der Waals surface area contributed by atoms with Crippen LogP contribution < -0.4 is 0 Å². The minimum atomic E-state index is 1.02. The molecule has 2 unspecified atom stereocenters. The van der Waals surface area contributed by atoms with Gasteiger partial charge in [-0.25, -0.2) is 0 Å². The summed E-state index contributed by atoms with van der Waals surface area (Å²) in [6.45, 7) is 4.42. The van der Waals surface area contributed by atoms with Crippen LogP contribution >= 0.6 is 0 Å². The largest absolute Gasteiger partial charge is 0.0917 e. The minimum absolute atomic E-state index is 1.02. The summed E-state index contributed by atoms with van der Waals surface area (Å²) in [6, 6.07) is 0. The maximum atomic E-state index is 2.33. The van der Waals surface area contributed by atoms with E-state index in [4.69, 9.17) is 0 Å². The lowest BCUT2D eigenvalue weighted by Gasteiger charge is -1.84. The normalized spacial score (nSPS) is 36.2. The SMILES string of the molecule is CC=CCC1CC1C. The van der Waals surface area contributed by atoms with Crippen molar-refractivity contribution in [2.45, 2.75) is 26.7 Å². The van der Waals surface area contributed by atoms with E-state index in [1.165, 1.54) is 12.8 Å². The summed E-state index contributed by atoms with van der Waals surface area (Å²) < 4.78 is 0. The Labute approximate surface area is 51.6 Å². The molecule has 0 nitrogen and oxygen atoms in total. The predicted molar refractivity (Wildman–Crippen MR) is 36.7 cm³/mol. The lowest BCUT2D eigenvalue weighted by atomic mass is 10.2. The van der Waals surface area contributed by atoms with Crippen LogP contribution in [0.1, 0.15) is 26.7 Å². The summed E-state index contributed by atoms with van der Waals surface area (Å²) in [6.07, 6.45) is 7.20. The highest BCUT2D eigenvalue weighted by atomic mass is 14.4. The van der Waals surface area contributed by atoms with E-state index in [1.54, 1.807) is 0 Å². The molecule has 2 atom stereocenters. The first-order chi connectivity index (χ1) is 3.84. The second kappa shape index (κ2) is 2.34. The van der Waals surface area contributed by atoms with Crippen molar-refractivity contribution in [1.82, 2.24) is 0 Å². The Hall–Kier alpha value is -0.260. The summed E-state index contributed by atoms with van der Waals surface area (Å²) in [5.74, 6) is 2.05. The third-order valence-corrected chi connectivity index (χ3v) is 1.95. The molecule has 0 heterocycles. The van der Waals surface area contributed by atoms with Gasteiger partial charge in [0.2, 0.25) is 0 Å². The molecule has 0 aromatic rings. The van der Waals surface area contributed by atoms with Gasteiger partial charge in [-0.15, -0.1) is 0 Å². The highest BCUT2D eigenvalue weighted by Crippen LogP contribution is 2.40. The maximum absolute atomic E-state index is 2.33. The molecule has 0 aromatic heterocycles. The van der Waals surface area contributed by atoms with E-state index in [9.17, 15) is 0 Å². The zero-order valence-electron chi connectivity index (χ0n) is 5.72. The van der Waals surface area contributed by atoms with Crippen molar-refractivity contribution in [2.24, 2.45) is 11.8 Å². The van der Waals surface area contributed by atoms with Crippen LogP contribution in [0, 0.1) is 11.8 Å². The molecule has 1 aliphatic rings. The molecule has 0 heteroatoms. The van der Waals surface area contributed by atoms with Crippen LogP contribution in [0.25, 0.3) is 0 Å². The van der Waals surface area contributed by atoms with Crippen molar-refractivity contribution in [3.63, 3.8) is 0 Å². The van der Waals surface area contributed by atoms with E-state index in [0.29, 0.717) is 0 Å². The molecular weight excluding hydrogens is 96.1 g/mol. The zero-order valence-corrected chi connectivity index (χ0v) is 5.72. The lowest BCUT2D eigenvalue weighted by molar-refractivity contribution is 0.765. The topological polar surface area (TPSA) is 0 Å². The average molecular weight is 110 g/mol. The molecule has 46 valence electrons. The van der Waals surface area contributed by atoms with Crippen molar-refractivity contribution in [3.05, 3.63) is 12.2 Å². The van der Waals surface area contributed by atoms with Crippen LogP contribution in [0.15, 0.2) is 12.2 Å². The smallest absolute Gasteiger partial charge is 0.0320 e. The molecule has 0 aromatic carbocycles. The number of allylic oxidation sites excluding steroid dienone is 2. The molecular formula is C8H14. The van der Waals surface area contributed by atoms with E-state index < -0.39 is 0 Å². The Kier molecular flexibility index (Phi) is 1.72. The van der Waals surface area contributed by atoms with Crippen LogP contribution in [0.2, 0.25) is 0 Å². The first-order valence-corrected chi connectivity index (χ1v) is 3.45. The molecule has 1 rings (SSSR count). The van der Waals surface area contributed by atoms with Gasteiger partial charge in [0.1, 0.15) is 0 Å². The Morgan fingerprint density at radius 2 is 2.25 bits per heavy atom. The van der Waals surface area contributed by atoms with Gasteiger partial charge in [0.05, 0.1) is 0 Å². The van der Waals surface area contributed by atoms with Crippen molar-refractivity contribution < 1.29 is 0 Å². The summed E-state index contributed by atoms with van der Waals surface area (Å²) in [4.78, 5) is 0. The van der Waals surface area contributed by atoms with Gasteiger partial charge in [-0.3, -0.25) is 0 Å². The van der Waals surface area contributed by atoms with Gasteiger partial charge >= 0.3 is 0 Å². The third-order valence-electron chi connectivity index (χ3n) is 1.95. The molecule has 0 saturated heterocycles. The molecule has 8 heavy (non-hydrogen) atoms. The van der Waals surface area contributed by atoms with Crippen molar-refractivity contribution in [1.29, 1.82) is 0 Å². The first-order valence-electron chi connectivity index (χ1n) is 3.45. The van der Waals surface area contributed by atoms with Crippen LogP contribution in [0.5, 0.6) is 0 Å². The highest BCUT2D eigenvalue weighted by Gasteiger charge is 2.30. The highest BCUT2D eigenvalue weighted by molar-refractivity contribution is 4.90. The predicted octanol–water partition coefficient (Wildman–Crippen LogP) is 2.61. The van der Waals surface area contributed by atoms with Gasteiger partial charge in [-0.2, -0.15) is 0 Å². The van der Waals surface area contributed by atoms with Gasteiger partial charge in [0, 0.05) is 0 Å². The Morgan fingerprint density at radius 1 is 1.62 bits per heavy atom. The van der Waals surface area contributed by atoms with Gasteiger partial charge in [-0.05, 0) is 31.6 Å². The fourth-order valence-electron chi connectivity index (χ4n) is 1.04. The number of hydrogen-bond donors (Lipinski definition) is 0. The maximum Gasteiger partial charge on any atom is -0.0320 e. The first kappa shape index (κ1) is 5.87. The second-order valence-corrected chi connectivity index (χ2v) is 2.78. The number of hydrogen-bond acceptors (Lipinski definition) is 0. The van der Waals surface area contributed by atoms with Crippen LogP contribution in [0.3, 0.4) is 0 Å². The second-order valence-electron chi connectivity index (χ2n) is 2.78. The molecule has 0 radical (unpaired) electrons. The summed E-state index contributed by atoms with van der Waals surface area (Å²) in [5, 5.41) is 0. The van der Waals surface area contributed by atoms with Gasteiger partial charge in [0.15, 0.2) is 0 Å². The Morgan fingerprint density at radius 3 is 2.62 bits per heavy atom. The monoisotopic (exact) mass is 110 g/mol. The Balaban J connectivity index is 2.05. The van der Waals surface area contributed by atoms with Crippen molar-refractivity contribution in [3.8, 4) is 0 Å². The van der Waals surface area contributed by atoms with Gasteiger partial charge in [-0.1, -0.05) is 19.1 Å². The summed E-state index contributed by atoms with van der Waals surface area (Å²) in [5.41, 5.74) is 0. The quantitative estimate of drug-likeness (QED) is 0.479. The molecule has 1 fully saturated rings. The standard InChI is InChI=1S/C8H14/c1-3-4-5-8-6-7(8)2/h3-4,7-8H,5-6H2,1-2H3. The van der Waals surface area contributed by atoms with E-state index in [-0.39, 0.29) is 0 Å². The van der Waals surface area contributed by atoms with E-state index in [1.807, 2.05) is 0 Å².